The van der Waals surface area contributed by atoms with Crippen molar-refractivity contribution < 1.29 is 9.13 Å². The van der Waals surface area contributed by atoms with Crippen LogP contribution in [0.15, 0.2) is 42.7 Å². The summed E-state index contributed by atoms with van der Waals surface area (Å²) in [6.45, 7) is 1.84. The molecule has 3 N–H and O–H groups in total. The molecule has 1 aromatic carbocycles. The van der Waals surface area contributed by atoms with Crippen LogP contribution >= 0.6 is 0 Å². The number of nitrogen functional groups attached to an aromatic ring is 1. The largest absolute Gasteiger partial charge is 0.479 e. The normalized spacial score (nSPS) is 11.8. The van der Waals surface area contributed by atoms with E-state index in [2.05, 4.69) is 25.3 Å². The first-order valence-electron chi connectivity index (χ1n) is 8.99. The predicted octanol–water partition coefficient (Wildman–Crippen LogP) is 2.99. The maximum atomic E-state index is 14.2. The number of nitriles is 1. The molecule has 0 radical (unpaired) electrons. The lowest BCUT2D eigenvalue weighted by Gasteiger charge is -2.17. The maximum absolute atomic E-state index is 14.2. The number of benzene rings is 1. The van der Waals surface area contributed by atoms with Crippen LogP contribution in [0.3, 0.4) is 0 Å². The minimum atomic E-state index is -0.606. The van der Waals surface area contributed by atoms with Gasteiger partial charge in [-0.2, -0.15) is 10.2 Å². The average Bonchev–Trinajstić information content (AvgIpc) is 3.12. The highest BCUT2D eigenvalue weighted by Crippen LogP contribution is 2.29. The minimum Gasteiger partial charge on any atom is -0.479 e. The molecule has 4 aromatic rings. The molecule has 1 atom stereocenters. The lowest BCUT2D eigenvalue weighted by molar-refractivity contribution is 0.371. The molecule has 0 amide bonds. The van der Waals surface area contributed by atoms with Gasteiger partial charge >= 0.3 is 0 Å². The number of halogens is 1. The Kier molecular flexibility index (Phi) is 4.85. The first-order chi connectivity index (χ1) is 14.5. The highest BCUT2D eigenvalue weighted by Gasteiger charge is 2.22. The SMILES string of the molecule is COc1nc2c(cc1F)nc([C@H](C)Nc1ncnc(N)c1C#N)n2-c1ccccc1. The summed E-state index contributed by atoms with van der Waals surface area (Å²) >= 11 is 0. The Morgan fingerprint density at radius 1 is 1.23 bits per heavy atom. The lowest BCUT2D eigenvalue weighted by atomic mass is 10.2. The number of anilines is 2. The van der Waals surface area contributed by atoms with Crippen LogP contribution in [0.1, 0.15) is 24.4 Å². The van der Waals surface area contributed by atoms with Crippen LogP contribution in [0, 0.1) is 17.1 Å². The van der Waals surface area contributed by atoms with Gasteiger partial charge in [0.1, 0.15) is 40.9 Å². The van der Waals surface area contributed by atoms with Gasteiger partial charge in [-0.15, -0.1) is 0 Å². The molecule has 0 aliphatic heterocycles. The second-order valence-electron chi connectivity index (χ2n) is 6.42. The monoisotopic (exact) mass is 404 g/mol. The molecule has 9 nitrogen and oxygen atoms in total. The molecule has 0 unspecified atom stereocenters. The molecule has 0 fully saturated rings. The number of nitrogens with zero attached hydrogens (tertiary/aromatic N) is 6. The Bertz CT molecular complexity index is 1270. The van der Waals surface area contributed by atoms with E-state index >= 15 is 0 Å². The molecular weight excluding hydrogens is 387 g/mol. The molecule has 3 heterocycles. The van der Waals surface area contributed by atoms with Gasteiger partial charge in [0.25, 0.3) is 5.88 Å². The van der Waals surface area contributed by atoms with E-state index in [0.717, 1.165) is 5.69 Å². The van der Waals surface area contributed by atoms with E-state index in [4.69, 9.17) is 10.5 Å². The van der Waals surface area contributed by atoms with E-state index < -0.39 is 11.9 Å². The fraction of sp³-hybridized carbons (Fsp3) is 0.150. The molecule has 0 bridgehead atoms. The molecule has 0 saturated heterocycles. The molecular formula is C20H17FN8O. The summed E-state index contributed by atoms with van der Waals surface area (Å²) in [5.74, 6) is 0.165. The van der Waals surface area contributed by atoms with Gasteiger partial charge in [0.15, 0.2) is 11.5 Å². The zero-order valence-corrected chi connectivity index (χ0v) is 16.2. The van der Waals surface area contributed by atoms with Crippen molar-refractivity contribution in [1.29, 1.82) is 5.26 Å². The number of nitrogens with two attached hydrogens (primary N) is 1. The summed E-state index contributed by atoms with van der Waals surface area (Å²) in [5, 5.41) is 12.5. The molecule has 0 saturated carbocycles. The van der Waals surface area contributed by atoms with Crippen LogP contribution in [-0.2, 0) is 0 Å². The van der Waals surface area contributed by atoms with Crippen molar-refractivity contribution in [2.45, 2.75) is 13.0 Å². The number of imidazole rings is 1. The number of nitrogens with one attached hydrogen (secondary N) is 1. The van der Waals surface area contributed by atoms with Crippen LogP contribution in [0.4, 0.5) is 16.0 Å². The van der Waals surface area contributed by atoms with Crippen LogP contribution in [0.25, 0.3) is 16.9 Å². The van der Waals surface area contributed by atoms with Crippen molar-refractivity contribution in [1.82, 2.24) is 24.5 Å². The van der Waals surface area contributed by atoms with Gasteiger partial charge in [-0.3, -0.25) is 4.57 Å². The number of methoxy groups -OCH3 is 1. The summed E-state index contributed by atoms with van der Waals surface area (Å²) in [6.07, 6.45) is 1.27. The standard InChI is InChI=1S/C20H17FN8O/c1-11(26-17-13(9-22)16(23)24-10-25-17)18-27-15-8-14(21)20(30-2)28-19(15)29(18)12-6-4-3-5-7-12/h3-8,10-11H,1-2H3,(H3,23,24,25,26)/t11-/m0/s1. The lowest BCUT2D eigenvalue weighted by Crippen LogP contribution is -2.15. The van der Waals surface area contributed by atoms with E-state index in [1.165, 1.54) is 19.5 Å². The van der Waals surface area contributed by atoms with E-state index in [0.29, 0.717) is 17.0 Å². The molecule has 4 rings (SSSR count). The second-order valence-corrected chi connectivity index (χ2v) is 6.42. The van der Waals surface area contributed by atoms with Gasteiger partial charge in [-0.05, 0) is 19.1 Å². The molecule has 3 aromatic heterocycles. The topological polar surface area (TPSA) is 128 Å². The molecule has 0 spiro atoms. The van der Waals surface area contributed by atoms with E-state index in [-0.39, 0.29) is 23.1 Å². The highest BCUT2D eigenvalue weighted by molar-refractivity contribution is 5.75. The molecule has 0 aliphatic carbocycles. The van der Waals surface area contributed by atoms with E-state index in [1.54, 1.807) is 4.57 Å². The van der Waals surface area contributed by atoms with Gasteiger partial charge in [-0.1, -0.05) is 18.2 Å². The molecule has 0 aliphatic rings. The molecule has 10 heteroatoms. The van der Waals surface area contributed by atoms with Gasteiger partial charge in [0.2, 0.25) is 0 Å². The van der Waals surface area contributed by atoms with Crippen LogP contribution in [0.2, 0.25) is 0 Å². The summed E-state index contributed by atoms with van der Waals surface area (Å²) in [6, 6.07) is 12.3. The molecule has 30 heavy (non-hydrogen) atoms. The summed E-state index contributed by atoms with van der Waals surface area (Å²) < 4.78 is 21.1. The number of hydrogen-bond acceptors (Lipinski definition) is 8. The third-order valence-corrected chi connectivity index (χ3v) is 4.52. The number of pyridine rings is 1. The third kappa shape index (κ3) is 3.22. The third-order valence-electron chi connectivity index (χ3n) is 4.52. The van der Waals surface area contributed by atoms with Gasteiger partial charge < -0.3 is 15.8 Å². The van der Waals surface area contributed by atoms with Crippen LogP contribution in [0.5, 0.6) is 5.88 Å². The number of fused-ring (bicyclic) bond motifs is 1. The summed E-state index contributed by atoms with van der Waals surface area (Å²) in [7, 11) is 1.36. The van der Waals surface area contributed by atoms with Crippen LogP contribution < -0.4 is 15.8 Å². The average molecular weight is 404 g/mol. The Morgan fingerprint density at radius 2 is 2.00 bits per heavy atom. The molecule has 150 valence electrons. The number of rotatable bonds is 5. The Morgan fingerprint density at radius 3 is 2.70 bits per heavy atom. The van der Waals surface area contributed by atoms with Crippen molar-refractivity contribution >= 4 is 22.8 Å². The number of ether oxygens (including phenoxy) is 1. The zero-order valence-electron chi connectivity index (χ0n) is 16.2. The summed E-state index contributed by atoms with van der Waals surface area (Å²) in [4.78, 5) is 16.8. The Labute approximate surface area is 171 Å². The van der Waals surface area contributed by atoms with Crippen LogP contribution in [-0.4, -0.2) is 31.6 Å². The van der Waals surface area contributed by atoms with Gasteiger partial charge in [0.05, 0.1) is 13.2 Å². The minimum absolute atomic E-state index is 0.0761. The second kappa shape index (κ2) is 7.63. The fourth-order valence-electron chi connectivity index (χ4n) is 3.14. The fourth-order valence-corrected chi connectivity index (χ4v) is 3.14. The Hall–Kier alpha value is -4.26. The first-order valence-corrected chi connectivity index (χ1v) is 8.99. The highest BCUT2D eigenvalue weighted by atomic mass is 19.1. The predicted molar refractivity (Wildman–Crippen MR) is 109 cm³/mol. The van der Waals surface area contributed by atoms with E-state index in [1.807, 2.05) is 43.3 Å². The first kappa shape index (κ1) is 19.1. The number of para-hydroxylation sites is 1. The number of hydrogen-bond donors (Lipinski definition) is 2. The smallest absolute Gasteiger partial charge is 0.252 e. The zero-order chi connectivity index (χ0) is 21.3. The van der Waals surface area contributed by atoms with Gasteiger partial charge in [0, 0.05) is 11.8 Å². The number of aromatic nitrogens is 5. The van der Waals surface area contributed by atoms with Crippen molar-refractivity contribution in [3.05, 3.63) is 59.9 Å². The van der Waals surface area contributed by atoms with Gasteiger partial charge in [-0.25, -0.2) is 19.3 Å². The quantitative estimate of drug-likeness (QED) is 0.520. The summed E-state index contributed by atoms with van der Waals surface area (Å²) in [5.41, 5.74) is 7.50. The van der Waals surface area contributed by atoms with Crippen molar-refractivity contribution in [3.8, 4) is 17.6 Å². The van der Waals surface area contributed by atoms with E-state index in [9.17, 15) is 9.65 Å². The maximum Gasteiger partial charge on any atom is 0.252 e. The van der Waals surface area contributed by atoms with Crippen molar-refractivity contribution in [2.75, 3.05) is 18.2 Å². The van der Waals surface area contributed by atoms with Crippen molar-refractivity contribution in [3.63, 3.8) is 0 Å². The Balaban J connectivity index is 1.88. The van der Waals surface area contributed by atoms with Crippen molar-refractivity contribution in [2.24, 2.45) is 0 Å².